The number of hydrogen-bond acceptors (Lipinski definition) is 4. The Morgan fingerprint density at radius 1 is 1.33 bits per heavy atom. The second kappa shape index (κ2) is 5.80. The van der Waals surface area contributed by atoms with Crippen LogP contribution in [-0.2, 0) is 0 Å². The van der Waals surface area contributed by atoms with E-state index >= 15 is 0 Å². The Hall–Kier alpha value is -1.35. The number of carboxylic acids is 1. The number of aromatic carboxylic acids is 1. The summed E-state index contributed by atoms with van der Waals surface area (Å²) in [5, 5.41) is 11.8. The van der Waals surface area contributed by atoms with E-state index in [1.54, 1.807) is 10.5 Å². The van der Waals surface area contributed by atoms with E-state index in [9.17, 15) is 9.90 Å². The number of halogens is 1. The predicted molar refractivity (Wildman–Crippen MR) is 76.6 cm³/mol. The first-order valence-corrected chi connectivity index (χ1v) is 6.96. The van der Waals surface area contributed by atoms with Crippen LogP contribution < -0.4 is 24.0 Å². The van der Waals surface area contributed by atoms with Crippen LogP contribution >= 0.6 is 15.9 Å². The quantitative estimate of drug-likeness (QED) is 0.569. The van der Waals surface area contributed by atoms with Crippen LogP contribution in [0.1, 0.15) is 35.9 Å². The van der Waals surface area contributed by atoms with Gasteiger partial charge in [-0.1, -0.05) is 13.8 Å². The van der Waals surface area contributed by atoms with Gasteiger partial charge in [-0.15, -0.1) is 0 Å². The molecule has 0 aliphatic carbocycles. The van der Waals surface area contributed by atoms with E-state index in [1.165, 1.54) is 6.20 Å². The average Bonchev–Trinajstić information content (AvgIpc) is 2.82. The molecule has 3 aromatic rings. The minimum absolute atomic E-state index is 0. The summed E-state index contributed by atoms with van der Waals surface area (Å²) in [6.45, 7) is 4.11. The molecule has 0 N–H and O–H groups in total. The molecule has 0 atom stereocenters. The van der Waals surface area contributed by atoms with Gasteiger partial charge in [-0.05, 0) is 40.0 Å². The number of hydrogen-bond donors (Lipinski definition) is 0. The number of fused-ring (bicyclic) bond motifs is 3. The fraction of sp³-hybridized carbons (Fsp3) is 0.214. The van der Waals surface area contributed by atoms with Gasteiger partial charge in [0.25, 0.3) is 0 Å². The monoisotopic (exact) mass is 339 g/mol. The molecule has 0 spiro atoms. The Morgan fingerprint density at radius 3 is 2.67 bits per heavy atom. The molecule has 3 heterocycles. The van der Waals surface area contributed by atoms with E-state index in [4.69, 9.17) is 0 Å². The Labute approximate surface area is 141 Å². The third kappa shape index (κ3) is 2.71. The molecular formula is C14H11BrLiN3O2. The van der Waals surface area contributed by atoms with Gasteiger partial charge < -0.3 is 9.90 Å². The molecule has 0 bridgehead atoms. The van der Waals surface area contributed by atoms with E-state index in [-0.39, 0.29) is 30.5 Å². The fourth-order valence-corrected chi connectivity index (χ4v) is 2.64. The zero-order valence-corrected chi connectivity index (χ0v) is 13.5. The van der Waals surface area contributed by atoms with Gasteiger partial charge in [0.05, 0.1) is 5.97 Å². The summed E-state index contributed by atoms with van der Waals surface area (Å²) in [6, 6.07) is 5.61. The summed E-state index contributed by atoms with van der Waals surface area (Å²) in [7, 11) is 0. The third-order valence-electron chi connectivity index (χ3n) is 3.17. The van der Waals surface area contributed by atoms with Gasteiger partial charge in [0.1, 0.15) is 17.0 Å². The van der Waals surface area contributed by atoms with Gasteiger partial charge in [0, 0.05) is 21.7 Å². The van der Waals surface area contributed by atoms with Crippen molar-refractivity contribution in [2.24, 2.45) is 0 Å². The molecule has 7 heteroatoms. The molecule has 0 fully saturated rings. The Kier molecular flexibility index (Phi) is 4.42. The molecule has 5 nitrogen and oxygen atoms in total. The van der Waals surface area contributed by atoms with Crippen molar-refractivity contribution in [3.05, 3.63) is 40.3 Å². The van der Waals surface area contributed by atoms with Crippen molar-refractivity contribution in [2.75, 3.05) is 0 Å². The fourth-order valence-electron chi connectivity index (χ4n) is 2.10. The Balaban J connectivity index is 0.00000161. The van der Waals surface area contributed by atoms with Gasteiger partial charge in [0.2, 0.25) is 0 Å². The number of pyridine rings is 2. The zero-order chi connectivity index (χ0) is 14.4. The van der Waals surface area contributed by atoms with Crippen LogP contribution in [0, 0.1) is 0 Å². The second-order valence-electron chi connectivity index (χ2n) is 4.90. The van der Waals surface area contributed by atoms with Crippen LogP contribution in [0.3, 0.4) is 0 Å². The molecule has 0 aliphatic heterocycles. The summed E-state index contributed by atoms with van der Waals surface area (Å²) in [6.07, 6.45) is 1.44. The Morgan fingerprint density at radius 2 is 2.05 bits per heavy atom. The molecule has 0 aromatic carbocycles. The maximum atomic E-state index is 10.9. The van der Waals surface area contributed by atoms with Crippen LogP contribution in [0.2, 0.25) is 0 Å². The van der Waals surface area contributed by atoms with Gasteiger partial charge in [-0.3, -0.25) is 4.40 Å². The molecule has 0 saturated carbocycles. The standard InChI is InChI=1S/C14H12BrN3O2.Li/c1-7(2)10-5-9(15)8-3-4-12-16-11(14(19)20)6-18(12)13(8)17-10;/h3-7H,1-2H3,(H,19,20);/q;+1/p-1. The van der Waals surface area contributed by atoms with Gasteiger partial charge >= 0.3 is 18.9 Å². The maximum Gasteiger partial charge on any atom is 1.00 e. The number of nitrogens with zero attached hydrogens (tertiary/aromatic N) is 3. The molecule has 0 unspecified atom stereocenters. The minimum atomic E-state index is -1.29. The van der Waals surface area contributed by atoms with E-state index in [0.29, 0.717) is 11.3 Å². The number of carboxylic acid groups (broad SMARTS) is 1. The molecule has 0 aliphatic rings. The maximum absolute atomic E-state index is 10.9. The number of rotatable bonds is 2. The van der Waals surface area contributed by atoms with Crippen molar-refractivity contribution in [2.45, 2.75) is 19.8 Å². The first kappa shape index (κ1) is 16.0. The molecule has 21 heavy (non-hydrogen) atoms. The largest absolute Gasteiger partial charge is 1.00 e. The first-order chi connectivity index (χ1) is 9.47. The summed E-state index contributed by atoms with van der Waals surface area (Å²) >= 11 is 3.54. The number of imidazole rings is 1. The number of carbonyl (C=O) groups is 1. The van der Waals surface area contributed by atoms with Crippen LogP contribution in [0.25, 0.3) is 16.7 Å². The van der Waals surface area contributed by atoms with Crippen molar-refractivity contribution in [3.63, 3.8) is 0 Å². The van der Waals surface area contributed by atoms with Gasteiger partial charge in [-0.2, -0.15) is 0 Å². The number of aromatic nitrogens is 3. The van der Waals surface area contributed by atoms with Crippen molar-refractivity contribution in [3.8, 4) is 0 Å². The third-order valence-corrected chi connectivity index (χ3v) is 3.83. The van der Waals surface area contributed by atoms with E-state index < -0.39 is 5.97 Å². The number of carbonyl (C=O) groups excluding carboxylic acids is 1. The van der Waals surface area contributed by atoms with E-state index in [2.05, 4.69) is 39.7 Å². The first-order valence-electron chi connectivity index (χ1n) is 6.17. The van der Waals surface area contributed by atoms with Crippen LogP contribution in [-0.4, -0.2) is 20.3 Å². The molecular weight excluding hydrogens is 329 g/mol. The zero-order valence-electron chi connectivity index (χ0n) is 11.9. The summed E-state index contributed by atoms with van der Waals surface area (Å²) < 4.78 is 2.61. The van der Waals surface area contributed by atoms with Gasteiger partial charge in [-0.25, -0.2) is 9.97 Å². The van der Waals surface area contributed by atoms with Crippen LogP contribution in [0.4, 0.5) is 0 Å². The average molecular weight is 340 g/mol. The molecule has 0 saturated heterocycles. The molecule has 3 rings (SSSR count). The summed E-state index contributed by atoms with van der Waals surface area (Å²) in [5.41, 5.74) is 2.06. The summed E-state index contributed by atoms with van der Waals surface area (Å²) in [4.78, 5) is 19.6. The molecule has 3 aromatic heterocycles. The molecule has 0 amide bonds. The van der Waals surface area contributed by atoms with Crippen molar-refractivity contribution >= 4 is 38.6 Å². The predicted octanol–water partition coefficient (Wildman–Crippen LogP) is -0.864. The summed E-state index contributed by atoms with van der Waals surface area (Å²) in [5.74, 6) is -1.02. The molecule has 102 valence electrons. The van der Waals surface area contributed by atoms with Crippen LogP contribution in [0.5, 0.6) is 0 Å². The SMILES string of the molecule is CC(C)c1cc(Br)c2ccc3nc(C(=O)[O-])cn3c2n1.[Li+]. The molecule has 0 radical (unpaired) electrons. The van der Waals surface area contributed by atoms with Crippen molar-refractivity contribution < 1.29 is 28.8 Å². The van der Waals surface area contributed by atoms with Crippen LogP contribution in [0.15, 0.2) is 28.9 Å². The second-order valence-corrected chi connectivity index (χ2v) is 5.75. The van der Waals surface area contributed by atoms with E-state index in [0.717, 1.165) is 15.6 Å². The normalized spacial score (nSPS) is 11.0. The smallest absolute Gasteiger partial charge is 0.543 e. The minimum Gasteiger partial charge on any atom is -0.543 e. The van der Waals surface area contributed by atoms with E-state index in [1.807, 2.05) is 12.1 Å². The Bertz CT molecular complexity index is 845. The van der Waals surface area contributed by atoms with Gasteiger partial charge in [0.15, 0.2) is 0 Å². The van der Waals surface area contributed by atoms with Crippen molar-refractivity contribution in [1.29, 1.82) is 0 Å². The topological polar surface area (TPSA) is 70.3 Å². The van der Waals surface area contributed by atoms with Crippen molar-refractivity contribution in [1.82, 2.24) is 14.4 Å².